The highest BCUT2D eigenvalue weighted by molar-refractivity contribution is 5.96. The first kappa shape index (κ1) is 10.9. The van der Waals surface area contributed by atoms with Crippen LogP contribution in [0.1, 0.15) is 23.2 Å². The maximum Gasteiger partial charge on any atom is 0.255 e. The third-order valence-electron chi connectivity index (χ3n) is 2.77. The van der Waals surface area contributed by atoms with E-state index in [0.29, 0.717) is 12.5 Å². The molecule has 0 bridgehead atoms. The van der Waals surface area contributed by atoms with E-state index in [0.717, 1.165) is 12.8 Å². The molecule has 5 heteroatoms. The molecule has 1 atom stereocenters. The minimum atomic E-state index is -0.309. The zero-order valence-corrected chi connectivity index (χ0v) is 8.89. The molecule has 1 fully saturated rings. The predicted octanol–water partition coefficient (Wildman–Crippen LogP) is 0.254. The number of amides is 1. The van der Waals surface area contributed by atoms with Crippen LogP contribution in [0.15, 0.2) is 18.5 Å². The molecule has 1 aromatic rings. The first-order valence-electron chi connectivity index (χ1n) is 5.35. The molecule has 1 heterocycles. The number of carbonyl (C=O) groups is 1. The quantitative estimate of drug-likeness (QED) is 0.680. The third-order valence-corrected chi connectivity index (χ3v) is 2.77. The largest absolute Gasteiger partial charge is 0.505 e. The van der Waals surface area contributed by atoms with Crippen molar-refractivity contribution in [2.45, 2.75) is 18.9 Å². The van der Waals surface area contributed by atoms with E-state index < -0.39 is 0 Å². The first-order valence-corrected chi connectivity index (χ1v) is 5.35. The molecule has 5 nitrogen and oxygen atoms in total. The number of hydrogen-bond acceptors (Lipinski definition) is 4. The van der Waals surface area contributed by atoms with Crippen LogP contribution in [0.2, 0.25) is 0 Å². The maximum absolute atomic E-state index is 11.7. The molecule has 1 aliphatic rings. The zero-order valence-electron chi connectivity index (χ0n) is 8.89. The van der Waals surface area contributed by atoms with Gasteiger partial charge < -0.3 is 16.2 Å². The molecule has 2 rings (SSSR count). The van der Waals surface area contributed by atoms with E-state index in [9.17, 15) is 9.90 Å². The number of rotatable bonds is 4. The molecule has 1 aromatic heterocycles. The Morgan fingerprint density at radius 2 is 2.44 bits per heavy atom. The fourth-order valence-corrected chi connectivity index (χ4v) is 1.57. The average Bonchev–Trinajstić information content (AvgIpc) is 3.10. The summed E-state index contributed by atoms with van der Waals surface area (Å²) in [4.78, 5) is 15.4. The van der Waals surface area contributed by atoms with Crippen molar-refractivity contribution in [1.82, 2.24) is 10.3 Å². The highest BCUT2D eigenvalue weighted by Gasteiger charge is 2.28. The number of aromatic hydroxyl groups is 1. The van der Waals surface area contributed by atoms with Gasteiger partial charge in [-0.3, -0.25) is 9.78 Å². The first-order chi connectivity index (χ1) is 7.68. The lowest BCUT2D eigenvalue weighted by atomic mass is 10.2. The van der Waals surface area contributed by atoms with Crippen LogP contribution in [0.4, 0.5) is 0 Å². The normalized spacial score (nSPS) is 16.8. The van der Waals surface area contributed by atoms with Crippen LogP contribution in [0.25, 0.3) is 0 Å². The Bertz CT molecular complexity index is 391. The molecule has 4 N–H and O–H groups in total. The second kappa shape index (κ2) is 4.49. The van der Waals surface area contributed by atoms with E-state index in [-0.39, 0.29) is 23.3 Å². The van der Waals surface area contributed by atoms with Crippen LogP contribution in [0, 0.1) is 5.92 Å². The number of nitrogens with two attached hydrogens (primary N) is 1. The second-order valence-electron chi connectivity index (χ2n) is 4.10. The SMILES string of the molecule is NC(CNC(=O)c1ccncc1O)C1CC1. The van der Waals surface area contributed by atoms with Gasteiger partial charge in [0.15, 0.2) is 0 Å². The highest BCUT2D eigenvalue weighted by atomic mass is 16.3. The summed E-state index contributed by atoms with van der Waals surface area (Å²) in [5.41, 5.74) is 6.09. The average molecular weight is 221 g/mol. The number of pyridine rings is 1. The summed E-state index contributed by atoms with van der Waals surface area (Å²) in [6.07, 6.45) is 5.01. The topological polar surface area (TPSA) is 88.2 Å². The lowest BCUT2D eigenvalue weighted by molar-refractivity contribution is 0.0947. The molecule has 86 valence electrons. The van der Waals surface area contributed by atoms with Gasteiger partial charge >= 0.3 is 0 Å². The summed E-state index contributed by atoms with van der Waals surface area (Å²) in [5.74, 6) is 0.127. The summed E-state index contributed by atoms with van der Waals surface area (Å²) < 4.78 is 0. The van der Waals surface area contributed by atoms with Crippen molar-refractivity contribution >= 4 is 5.91 Å². The summed E-state index contributed by atoms with van der Waals surface area (Å²) in [5, 5.41) is 12.1. The molecule has 0 aliphatic heterocycles. The van der Waals surface area contributed by atoms with Gasteiger partial charge in [-0.1, -0.05) is 0 Å². The molecular formula is C11H15N3O2. The standard InChI is InChI=1S/C11H15N3O2/c12-9(7-1-2-7)5-14-11(16)8-3-4-13-6-10(8)15/h3-4,6-7,9,15H,1-2,5,12H2,(H,14,16). The van der Waals surface area contributed by atoms with E-state index in [2.05, 4.69) is 10.3 Å². The van der Waals surface area contributed by atoms with E-state index in [4.69, 9.17) is 5.73 Å². The van der Waals surface area contributed by atoms with Crippen molar-refractivity contribution in [1.29, 1.82) is 0 Å². The Hall–Kier alpha value is -1.62. The summed E-state index contributed by atoms with van der Waals surface area (Å²) in [6, 6.07) is 1.50. The zero-order chi connectivity index (χ0) is 11.5. The van der Waals surface area contributed by atoms with E-state index >= 15 is 0 Å². The fraction of sp³-hybridized carbons (Fsp3) is 0.455. The molecular weight excluding hydrogens is 206 g/mol. The van der Waals surface area contributed by atoms with Gasteiger partial charge in [0.1, 0.15) is 5.75 Å². The monoisotopic (exact) mass is 221 g/mol. The van der Waals surface area contributed by atoms with Gasteiger partial charge in [-0.2, -0.15) is 0 Å². The second-order valence-corrected chi connectivity index (χ2v) is 4.10. The van der Waals surface area contributed by atoms with Gasteiger partial charge in [0, 0.05) is 18.8 Å². The molecule has 0 radical (unpaired) electrons. The van der Waals surface area contributed by atoms with E-state index in [1.165, 1.54) is 18.5 Å². The van der Waals surface area contributed by atoms with Crippen molar-refractivity contribution in [3.63, 3.8) is 0 Å². The third kappa shape index (κ3) is 2.49. The smallest absolute Gasteiger partial charge is 0.255 e. The molecule has 0 aromatic carbocycles. The molecule has 1 unspecified atom stereocenters. The lowest BCUT2D eigenvalue weighted by Crippen LogP contribution is -2.38. The summed E-state index contributed by atoms with van der Waals surface area (Å²) in [7, 11) is 0. The molecule has 1 aliphatic carbocycles. The van der Waals surface area contributed by atoms with Crippen LogP contribution in [0.3, 0.4) is 0 Å². The minimum Gasteiger partial charge on any atom is -0.505 e. The van der Waals surface area contributed by atoms with Gasteiger partial charge in [-0.15, -0.1) is 0 Å². The van der Waals surface area contributed by atoms with Crippen molar-refractivity contribution in [2.24, 2.45) is 11.7 Å². The Morgan fingerprint density at radius 1 is 1.69 bits per heavy atom. The van der Waals surface area contributed by atoms with Gasteiger partial charge in [-0.25, -0.2) is 0 Å². The Morgan fingerprint density at radius 3 is 3.06 bits per heavy atom. The summed E-state index contributed by atoms with van der Waals surface area (Å²) >= 11 is 0. The van der Waals surface area contributed by atoms with E-state index in [1.807, 2.05) is 0 Å². The number of aromatic nitrogens is 1. The van der Waals surface area contributed by atoms with Crippen LogP contribution in [-0.2, 0) is 0 Å². The van der Waals surface area contributed by atoms with Gasteiger partial charge in [0.05, 0.1) is 11.8 Å². The fourth-order valence-electron chi connectivity index (χ4n) is 1.57. The van der Waals surface area contributed by atoms with Crippen LogP contribution in [-0.4, -0.2) is 28.6 Å². The van der Waals surface area contributed by atoms with Gasteiger partial charge in [-0.05, 0) is 24.8 Å². The van der Waals surface area contributed by atoms with Crippen LogP contribution < -0.4 is 11.1 Å². The molecule has 1 saturated carbocycles. The maximum atomic E-state index is 11.7. The van der Waals surface area contributed by atoms with Crippen molar-refractivity contribution < 1.29 is 9.90 Å². The van der Waals surface area contributed by atoms with Gasteiger partial charge in [0.25, 0.3) is 5.91 Å². The van der Waals surface area contributed by atoms with Crippen molar-refractivity contribution in [3.05, 3.63) is 24.0 Å². The number of hydrogen-bond donors (Lipinski definition) is 3. The predicted molar refractivity (Wildman–Crippen MR) is 58.9 cm³/mol. The molecule has 0 spiro atoms. The Balaban J connectivity index is 1.90. The molecule has 1 amide bonds. The van der Waals surface area contributed by atoms with Gasteiger partial charge in [0.2, 0.25) is 0 Å². The number of nitrogens with one attached hydrogen (secondary N) is 1. The number of nitrogens with zero attached hydrogens (tertiary/aromatic N) is 1. The Labute approximate surface area is 93.7 Å². The minimum absolute atomic E-state index is 0.0212. The Kier molecular flexibility index (Phi) is 3.05. The summed E-state index contributed by atoms with van der Waals surface area (Å²) in [6.45, 7) is 0.450. The number of carbonyl (C=O) groups excluding carboxylic acids is 1. The molecule has 0 saturated heterocycles. The highest BCUT2D eigenvalue weighted by Crippen LogP contribution is 2.31. The molecule has 16 heavy (non-hydrogen) atoms. The van der Waals surface area contributed by atoms with Crippen LogP contribution >= 0.6 is 0 Å². The van der Waals surface area contributed by atoms with Crippen LogP contribution in [0.5, 0.6) is 5.75 Å². The lowest BCUT2D eigenvalue weighted by Gasteiger charge is -2.11. The van der Waals surface area contributed by atoms with E-state index in [1.54, 1.807) is 0 Å². The van der Waals surface area contributed by atoms with Crippen molar-refractivity contribution in [3.8, 4) is 5.75 Å². The van der Waals surface area contributed by atoms with Crippen molar-refractivity contribution in [2.75, 3.05) is 6.54 Å².